The highest BCUT2D eigenvalue weighted by Gasteiger charge is 2.34. The van der Waals surface area contributed by atoms with Gasteiger partial charge in [-0.15, -0.1) is 0 Å². The van der Waals surface area contributed by atoms with Gasteiger partial charge in [0.15, 0.2) is 0 Å². The van der Waals surface area contributed by atoms with Gasteiger partial charge >= 0.3 is 6.18 Å². The highest BCUT2D eigenvalue weighted by Crippen LogP contribution is 2.32. The number of rotatable bonds is 0. The minimum atomic E-state index is -4.37. The Bertz CT molecular complexity index is 343. The van der Waals surface area contributed by atoms with Crippen LogP contribution in [0.3, 0.4) is 0 Å². The molecular formula is C6H3F3INS. The van der Waals surface area contributed by atoms with E-state index in [4.69, 9.17) is 0 Å². The SMILES string of the molecule is FC(F)(F)c1c(I)[nH]ccc1=S. The standard InChI is InChI=1S/C6H3F3INS/c7-6(8,9)4-3(12)1-2-11-5(4)10/h1-2H,(H,11,12). The summed E-state index contributed by atoms with van der Waals surface area (Å²) in [7, 11) is 0. The van der Waals surface area contributed by atoms with Crippen molar-refractivity contribution in [2.24, 2.45) is 0 Å². The summed E-state index contributed by atoms with van der Waals surface area (Å²) in [5, 5.41) is 0. The van der Waals surface area contributed by atoms with Gasteiger partial charge in [-0.3, -0.25) is 0 Å². The molecule has 0 amide bonds. The molecule has 0 atom stereocenters. The van der Waals surface area contributed by atoms with Crippen molar-refractivity contribution in [3.8, 4) is 0 Å². The van der Waals surface area contributed by atoms with E-state index in [0.717, 1.165) is 0 Å². The van der Waals surface area contributed by atoms with Crippen LogP contribution in [0.15, 0.2) is 12.3 Å². The molecule has 0 aliphatic carbocycles. The van der Waals surface area contributed by atoms with Crippen LogP contribution in [0.5, 0.6) is 0 Å². The first-order valence-electron chi connectivity index (χ1n) is 2.87. The Hall–Kier alpha value is -0.110. The molecule has 0 unspecified atom stereocenters. The fourth-order valence-corrected chi connectivity index (χ4v) is 1.96. The summed E-state index contributed by atoms with van der Waals surface area (Å²) in [6, 6.07) is 1.22. The molecule has 1 aromatic rings. The minimum Gasteiger partial charge on any atom is -0.356 e. The third kappa shape index (κ3) is 1.98. The predicted molar refractivity (Wildman–Crippen MR) is 49.3 cm³/mol. The number of hydrogen-bond acceptors (Lipinski definition) is 1. The maximum atomic E-state index is 12.2. The second-order valence-electron chi connectivity index (χ2n) is 2.03. The molecule has 0 aliphatic heterocycles. The summed E-state index contributed by atoms with van der Waals surface area (Å²) >= 11 is 6.11. The first-order chi connectivity index (χ1) is 5.43. The molecule has 6 heteroatoms. The van der Waals surface area contributed by atoms with Crippen molar-refractivity contribution < 1.29 is 13.2 Å². The third-order valence-corrected chi connectivity index (χ3v) is 2.39. The number of H-pyrrole nitrogens is 1. The minimum absolute atomic E-state index is 0.0209. The van der Waals surface area contributed by atoms with E-state index in [0.29, 0.717) is 0 Å². The van der Waals surface area contributed by atoms with Gasteiger partial charge in [0.1, 0.15) is 5.56 Å². The molecule has 0 bridgehead atoms. The highest BCUT2D eigenvalue weighted by molar-refractivity contribution is 14.1. The maximum absolute atomic E-state index is 12.2. The van der Waals surface area contributed by atoms with Gasteiger partial charge in [-0.2, -0.15) is 13.2 Å². The molecule has 1 rings (SSSR count). The number of halogens is 4. The predicted octanol–water partition coefficient (Wildman–Crippen LogP) is 3.37. The van der Waals surface area contributed by atoms with Crippen LogP contribution in [0.25, 0.3) is 0 Å². The van der Waals surface area contributed by atoms with E-state index in [1.54, 1.807) is 22.6 Å². The molecule has 0 fully saturated rings. The van der Waals surface area contributed by atoms with Crippen molar-refractivity contribution >= 4 is 34.8 Å². The zero-order valence-corrected chi connectivity index (χ0v) is 8.55. The first kappa shape index (κ1) is 9.97. The van der Waals surface area contributed by atoms with Crippen LogP contribution in [0.4, 0.5) is 13.2 Å². The van der Waals surface area contributed by atoms with Crippen LogP contribution in [-0.2, 0) is 6.18 Å². The Morgan fingerprint density at radius 2 is 2.00 bits per heavy atom. The number of pyridine rings is 1. The van der Waals surface area contributed by atoms with E-state index in [2.05, 4.69) is 17.2 Å². The number of nitrogens with one attached hydrogen (secondary N) is 1. The van der Waals surface area contributed by atoms with Crippen LogP contribution in [0.1, 0.15) is 5.56 Å². The second-order valence-corrected chi connectivity index (χ2v) is 3.55. The fourth-order valence-electron chi connectivity index (χ4n) is 0.718. The molecule has 1 nitrogen and oxygen atoms in total. The van der Waals surface area contributed by atoms with E-state index in [1.807, 2.05) is 0 Å². The average molecular weight is 305 g/mol. The van der Waals surface area contributed by atoms with Crippen molar-refractivity contribution in [3.63, 3.8) is 0 Å². The van der Waals surface area contributed by atoms with Crippen molar-refractivity contribution in [1.82, 2.24) is 4.98 Å². The molecule has 0 saturated heterocycles. The lowest BCUT2D eigenvalue weighted by Gasteiger charge is -2.07. The molecule has 1 heterocycles. The smallest absolute Gasteiger partial charge is 0.356 e. The van der Waals surface area contributed by atoms with Crippen molar-refractivity contribution in [1.29, 1.82) is 0 Å². The van der Waals surface area contributed by atoms with Crippen LogP contribution >= 0.6 is 34.8 Å². The summed E-state index contributed by atoms with van der Waals surface area (Å²) in [5.41, 5.74) is -0.763. The van der Waals surface area contributed by atoms with E-state index in [-0.39, 0.29) is 8.21 Å². The van der Waals surface area contributed by atoms with Gasteiger partial charge in [-0.1, -0.05) is 12.2 Å². The quantitative estimate of drug-likeness (QED) is 0.441. The lowest BCUT2D eigenvalue weighted by Crippen LogP contribution is -2.09. The number of hydrogen-bond donors (Lipinski definition) is 1. The maximum Gasteiger partial charge on any atom is 0.420 e. The third-order valence-electron chi connectivity index (χ3n) is 1.19. The van der Waals surface area contributed by atoms with Crippen molar-refractivity contribution in [2.45, 2.75) is 6.18 Å². The highest BCUT2D eigenvalue weighted by atomic mass is 127. The number of aromatic amines is 1. The van der Waals surface area contributed by atoms with E-state index >= 15 is 0 Å². The Morgan fingerprint density at radius 1 is 1.42 bits per heavy atom. The lowest BCUT2D eigenvalue weighted by molar-refractivity contribution is -0.138. The van der Waals surface area contributed by atoms with Crippen LogP contribution in [-0.4, -0.2) is 4.98 Å². The first-order valence-corrected chi connectivity index (χ1v) is 4.36. The lowest BCUT2D eigenvalue weighted by atomic mass is 10.3. The molecular weight excluding hydrogens is 302 g/mol. The van der Waals surface area contributed by atoms with Crippen LogP contribution in [0, 0.1) is 8.21 Å². The molecule has 1 aromatic heterocycles. The summed E-state index contributed by atoms with van der Waals surface area (Å²) < 4.78 is 36.5. The Balaban J connectivity index is 3.42. The van der Waals surface area contributed by atoms with Crippen molar-refractivity contribution in [3.05, 3.63) is 26.0 Å². The number of alkyl halides is 3. The topological polar surface area (TPSA) is 15.8 Å². The summed E-state index contributed by atoms with van der Waals surface area (Å²) in [5.74, 6) is 0. The zero-order valence-electron chi connectivity index (χ0n) is 5.57. The molecule has 0 spiro atoms. The van der Waals surface area contributed by atoms with Gasteiger partial charge < -0.3 is 4.98 Å². The molecule has 1 N–H and O–H groups in total. The molecule has 0 aromatic carbocycles. The monoisotopic (exact) mass is 305 g/mol. The van der Waals surface area contributed by atoms with E-state index < -0.39 is 11.7 Å². The molecule has 12 heavy (non-hydrogen) atoms. The molecule has 66 valence electrons. The number of aromatic nitrogens is 1. The van der Waals surface area contributed by atoms with Gasteiger partial charge in [-0.05, 0) is 28.7 Å². The zero-order chi connectivity index (χ0) is 9.35. The second kappa shape index (κ2) is 3.33. The fraction of sp³-hybridized carbons (Fsp3) is 0.167. The molecule has 0 saturated carbocycles. The summed E-state index contributed by atoms with van der Waals surface area (Å²) in [4.78, 5) is 2.45. The molecule has 0 radical (unpaired) electrons. The van der Waals surface area contributed by atoms with Gasteiger partial charge in [0.05, 0.1) is 8.21 Å². The van der Waals surface area contributed by atoms with Gasteiger partial charge in [0.25, 0.3) is 0 Å². The average Bonchev–Trinajstić information content (AvgIpc) is 1.82. The van der Waals surface area contributed by atoms with Crippen LogP contribution < -0.4 is 0 Å². The Morgan fingerprint density at radius 3 is 2.33 bits per heavy atom. The van der Waals surface area contributed by atoms with Gasteiger partial charge in [0, 0.05) is 6.20 Å². The van der Waals surface area contributed by atoms with Crippen molar-refractivity contribution in [2.75, 3.05) is 0 Å². The largest absolute Gasteiger partial charge is 0.420 e. The molecule has 0 aliphatic rings. The summed E-state index contributed by atoms with van der Waals surface area (Å²) in [6.07, 6.45) is -2.98. The van der Waals surface area contributed by atoms with Crippen LogP contribution in [0.2, 0.25) is 0 Å². The normalized spacial score (nSPS) is 11.7. The Labute approximate surface area is 85.1 Å². The van der Waals surface area contributed by atoms with Gasteiger partial charge in [-0.25, -0.2) is 0 Å². The van der Waals surface area contributed by atoms with E-state index in [9.17, 15) is 13.2 Å². The van der Waals surface area contributed by atoms with Gasteiger partial charge in [0.2, 0.25) is 0 Å². The summed E-state index contributed by atoms with van der Waals surface area (Å²) in [6.45, 7) is 0. The van der Waals surface area contributed by atoms with E-state index in [1.165, 1.54) is 12.3 Å². The Kier molecular flexibility index (Phi) is 2.77.